The van der Waals surface area contributed by atoms with E-state index < -0.39 is 0 Å². The van der Waals surface area contributed by atoms with Crippen molar-refractivity contribution in [1.82, 2.24) is 24.4 Å². The Hall–Kier alpha value is -2.28. The number of carbonyl (C=O) groups excluding carboxylic acids is 1. The van der Waals surface area contributed by atoms with Crippen LogP contribution >= 0.6 is 0 Å². The standard InChI is InChI=1S/C21H29N5O2/c1-16(2)20-23-14-17-5-13-28-21(19(17)24-20)6-10-26(11-7-21)18(27)4-3-9-25-12-8-22-15-25/h8,12,14-16H,3-7,9-11,13H2,1-2H3. The molecule has 0 unspecified atom stereocenters. The first kappa shape index (κ1) is 19.1. The monoisotopic (exact) mass is 383 g/mol. The van der Waals surface area contributed by atoms with Crippen LogP contribution in [0.4, 0.5) is 0 Å². The fourth-order valence-electron chi connectivity index (χ4n) is 4.19. The van der Waals surface area contributed by atoms with Crippen LogP contribution in [0.15, 0.2) is 24.9 Å². The van der Waals surface area contributed by atoms with E-state index in [4.69, 9.17) is 9.72 Å². The molecule has 0 aliphatic carbocycles. The molecule has 0 atom stereocenters. The van der Waals surface area contributed by atoms with Gasteiger partial charge in [-0.2, -0.15) is 0 Å². The first-order valence-corrected chi connectivity index (χ1v) is 10.3. The third-order valence-corrected chi connectivity index (χ3v) is 5.87. The highest BCUT2D eigenvalue weighted by molar-refractivity contribution is 5.76. The molecule has 0 bridgehead atoms. The molecule has 2 aliphatic rings. The minimum atomic E-state index is -0.353. The Kier molecular flexibility index (Phi) is 5.44. The van der Waals surface area contributed by atoms with E-state index in [1.807, 2.05) is 21.9 Å². The highest BCUT2D eigenvalue weighted by Gasteiger charge is 2.43. The normalized spacial score (nSPS) is 18.5. The SMILES string of the molecule is CC(C)c1ncc2c(n1)C1(CCN(C(=O)CCCn3ccnc3)CC1)OCC2. The average Bonchev–Trinajstić information content (AvgIpc) is 3.22. The van der Waals surface area contributed by atoms with E-state index in [1.54, 1.807) is 12.5 Å². The van der Waals surface area contributed by atoms with Crippen LogP contribution < -0.4 is 0 Å². The molecule has 1 fully saturated rings. The largest absolute Gasteiger partial charge is 0.368 e. The number of ether oxygens (including phenoxy) is 1. The number of amides is 1. The number of hydrogen-bond acceptors (Lipinski definition) is 5. The minimum absolute atomic E-state index is 0.233. The summed E-state index contributed by atoms with van der Waals surface area (Å²) in [5.41, 5.74) is 1.91. The number of fused-ring (bicyclic) bond motifs is 2. The fraction of sp³-hybridized carbons (Fsp3) is 0.619. The minimum Gasteiger partial charge on any atom is -0.368 e. The van der Waals surface area contributed by atoms with Crippen molar-refractivity contribution >= 4 is 5.91 Å². The zero-order chi connectivity index (χ0) is 19.6. The summed E-state index contributed by atoms with van der Waals surface area (Å²) < 4.78 is 8.30. The Morgan fingerprint density at radius 1 is 1.32 bits per heavy atom. The number of carbonyl (C=O) groups is 1. The van der Waals surface area contributed by atoms with Crippen molar-refractivity contribution in [3.8, 4) is 0 Å². The van der Waals surface area contributed by atoms with E-state index in [9.17, 15) is 4.79 Å². The number of aryl methyl sites for hydroxylation is 1. The maximum atomic E-state index is 12.6. The second-order valence-electron chi connectivity index (χ2n) is 8.13. The van der Waals surface area contributed by atoms with Crippen LogP contribution in [0.3, 0.4) is 0 Å². The molecular weight excluding hydrogens is 354 g/mol. The van der Waals surface area contributed by atoms with Gasteiger partial charge in [0.1, 0.15) is 11.4 Å². The Bertz CT molecular complexity index is 810. The third-order valence-electron chi connectivity index (χ3n) is 5.87. The van der Waals surface area contributed by atoms with Gasteiger partial charge < -0.3 is 14.2 Å². The molecule has 1 amide bonds. The molecular formula is C21H29N5O2. The lowest BCUT2D eigenvalue weighted by atomic mass is 9.83. The van der Waals surface area contributed by atoms with Crippen molar-refractivity contribution in [1.29, 1.82) is 0 Å². The number of nitrogens with zero attached hydrogens (tertiary/aromatic N) is 5. The lowest BCUT2D eigenvalue weighted by Gasteiger charge is -2.44. The summed E-state index contributed by atoms with van der Waals surface area (Å²) >= 11 is 0. The van der Waals surface area contributed by atoms with Crippen LogP contribution in [-0.4, -0.2) is 50.0 Å². The van der Waals surface area contributed by atoms with Gasteiger partial charge in [0, 0.05) is 50.6 Å². The van der Waals surface area contributed by atoms with Gasteiger partial charge in [0.15, 0.2) is 0 Å². The molecule has 1 spiro atoms. The maximum Gasteiger partial charge on any atom is 0.222 e. The zero-order valence-electron chi connectivity index (χ0n) is 16.8. The first-order chi connectivity index (χ1) is 13.6. The van der Waals surface area contributed by atoms with E-state index >= 15 is 0 Å². The molecule has 4 heterocycles. The Balaban J connectivity index is 1.38. The first-order valence-electron chi connectivity index (χ1n) is 10.3. The lowest BCUT2D eigenvalue weighted by Crippen LogP contribution is -2.49. The van der Waals surface area contributed by atoms with Gasteiger partial charge in [-0.25, -0.2) is 15.0 Å². The summed E-state index contributed by atoms with van der Waals surface area (Å²) in [5, 5.41) is 0. The van der Waals surface area contributed by atoms with Crippen LogP contribution in [0.25, 0.3) is 0 Å². The van der Waals surface area contributed by atoms with E-state index in [-0.39, 0.29) is 11.5 Å². The van der Waals surface area contributed by atoms with Crippen LogP contribution in [0, 0.1) is 0 Å². The van der Waals surface area contributed by atoms with Gasteiger partial charge in [0.05, 0.1) is 18.6 Å². The van der Waals surface area contributed by atoms with Gasteiger partial charge in [0.25, 0.3) is 0 Å². The van der Waals surface area contributed by atoms with Gasteiger partial charge in [-0.1, -0.05) is 13.8 Å². The molecule has 7 heteroatoms. The third kappa shape index (κ3) is 3.81. The van der Waals surface area contributed by atoms with E-state index in [2.05, 4.69) is 23.8 Å². The van der Waals surface area contributed by atoms with Crippen LogP contribution in [0.5, 0.6) is 0 Å². The summed E-state index contributed by atoms with van der Waals surface area (Å²) in [6.07, 6.45) is 11.4. The molecule has 0 radical (unpaired) electrons. The molecule has 2 aliphatic heterocycles. The van der Waals surface area contributed by atoms with Gasteiger partial charge in [-0.15, -0.1) is 0 Å². The highest BCUT2D eigenvalue weighted by atomic mass is 16.5. The van der Waals surface area contributed by atoms with Crippen molar-refractivity contribution in [2.45, 2.75) is 64.0 Å². The Morgan fingerprint density at radius 3 is 2.86 bits per heavy atom. The number of hydrogen-bond donors (Lipinski definition) is 0. The molecule has 7 nitrogen and oxygen atoms in total. The van der Waals surface area contributed by atoms with Crippen molar-refractivity contribution in [2.75, 3.05) is 19.7 Å². The predicted octanol–water partition coefficient (Wildman–Crippen LogP) is 2.67. The molecule has 28 heavy (non-hydrogen) atoms. The average molecular weight is 383 g/mol. The molecule has 2 aromatic heterocycles. The second kappa shape index (κ2) is 7.99. The molecule has 0 saturated carbocycles. The highest BCUT2D eigenvalue weighted by Crippen LogP contribution is 2.40. The molecule has 2 aromatic rings. The summed E-state index contributed by atoms with van der Waals surface area (Å²) in [5.74, 6) is 1.40. The molecule has 4 rings (SSSR count). The van der Waals surface area contributed by atoms with Crippen LogP contribution in [0.2, 0.25) is 0 Å². The number of rotatable bonds is 5. The molecule has 0 aromatic carbocycles. The number of piperidine rings is 1. The number of aromatic nitrogens is 4. The summed E-state index contributed by atoms with van der Waals surface area (Å²) in [6.45, 7) is 7.21. The van der Waals surface area contributed by atoms with E-state index in [1.165, 1.54) is 5.56 Å². The second-order valence-corrected chi connectivity index (χ2v) is 8.13. The van der Waals surface area contributed by atoms with E-state index in [0.717, 1.165) is 56.8 Å². The molecule has 1 saturated heterocycles. The van der Waals surface area contributed by atoms with Crippen LogP contribution in [-0.2, 0) is 28.1 Å². The summed E-state index contributed by atoms with van der Waals surface area (Å²) in [6, 6.07) is 0. The van der Waals surface area contributed by atoms with Gasteiger partial charge >= 0.3 is 0 Å². The number of likely N-dealkylation sites (tertiary alicyclic amines) is 1. The number of imidazole rings is 1. The van der Waals surface area contributed by atoms with Crippen molar-refractivity contribution in [2.24, 2.45) is 0 Å². The summed E-state index contributed by atoms with van der Waals surface area (Å²) in [4.78, 5) is 28.1. The van der Waals surface area contributed by atoms with Crippen LogP contribution in [0.1, 0.15) is 62.5 Å². The Morgan fingerprint density at radius 2 is 2.14 bits per heavy atom. The van der Waals surface area contributed by atoms with Gasteiger partial charge in [-0.05, 0) is 31.2 Å². The lowest BCUT2D eigenvalue weighted by molar-refractivity contribution is -0.141. The molecule has 150 valence electrons. The zero-order valence-corrected chi connectivity index (χ0v) is 16.8. The topological polar surface area (TPSA) is 73.1 Å². The van der Waals surface area contributed by atoms with Crippen molar-refractivity contribution in [3.05, 3.63) is 42.0 Å². The fourth-order valence-corrected chi connectivity index (χ4v) is 4.19. The quantitative estimate of drug-likeness (QED) is 0.794. The van der Waals surface area contributed by atoms with Gasteiger partial charge in [-0.3, -0.25) is 4.79 Å². The van der Waals surface area contributed by atoms with Gasteiger partial charge in [0.2, 0.25) is 5.91 Å². The summed E-state index contributed by atoms with van der Waals surface area (Å²) in [7, 11) is 0. The smallest absolute Gasteiger partial charge is 0.222 e. The molecule has 0 N–H and O–H groups in total. The Labute approximate surface area is 166 Å². The maximum absolute atomic E-state index is 12.6. The predicted molar refractivity (Wildman–Crippen MR) is 105 cm³/mol. The van der Waals surface area contributed by atoms with E-state index in [0.29, 0.717) is 18.9 Å². The van der Waals surface area contributed by atoms with Crippen molar-refractivity contribution < 1.29 is 9.53 Å². The van der Waals surface area contributed by atoms with Crippen molar-refractivity contribution in [3.63, 3.8) is 0 Å².